The lowest BCUT2D eigenvalue weighted by atomic mass is 10.0. The van der Waals surface area contributed by atoms with Crippen LogP contribution in [0.5, 0.6) is 5.75 Å². The van der Waals surface area contributed by atoms with Gasteiger partial charge in [0, 0.05) is 11.8 Å². The smallest absolute Gasteiger partial charge is 0.238 e. The van der Waals surface area contributed by atoms with E-state index in [9.17, 15) is 8.42 Å². The number of sulfonamides is 1. The van der Waals surface area contributed by atoms with E-state index in [1.54, 1.807) is 18.3 Å². The number of hydrogen-bond acceptors (Lipinski definition) is 5. The summed E-state index contributed by atoms with van der Waals surface area (Å²) in [6, 6.07) is 9.94. The first-order valence-electron chi connectivity index (χ1n) is 6.64. The Balaban J connectivity index is 2.24. The van der Waals surface area contributed by atoms with E-state index >= 15 is 0 Å². The number of rotatable bonds is 2. The van der Waals surface area contributed by atoms with Crippen molar-refractivity contribution in [1.29, 1.82) is 0 Å². The topological polar surface area (TPSA) is 94.6 Å². The highest BCUT2D eigenvalue weighted by Gasteiger charge is 2.30. The van der Waals surface area contributed by atoms with Gasteiger partial charge in [0.1, 0.15) is 5.75 Å². The molecule has 0 fully saturated rings. The summed E-state index contributed by atoms with van der Waals surface area (Å²) in [6.45, 7) is 3.65. The molecule has 7 heteroatoms. The van der Waals surface area contributed by atoms with Crippen molar-refractivity contribution < 1.29 is 13.2 Å². The van der Waals surface area contributed by atoms with Gasteiger partial charge in [0.05, 0.1) is 16.3 Å². The number of aliphatic imine (C=N–C) groups is 1. The molecule has 0 radical (unpaired) electrons. The number of aromatic nitrogens is 1. The molecule has 0 unspecified atom stereocenters. The third-order valence-electron chi connectivity index (χ3n) is 3.18. The zero-order valence-corrected chi connectivity index (χ0v) is 13.0. The molecular formula is C15H15N3O3S. The molecule has 2 heterocycles. The van der Waals surface area contributed by atoms with Crippen LogP contribution in [0.15, 0.2) is 52.5 Å². The van der Waals surface area contributed by atoms with Crippen molar-refractivity contribution >= 4 is 15.7 Å². The van der Waals surface area contributed by atoms with Gasteiger partial charge in [-0.15, -0.1) is 0 Å². The number of primary sulfonamides is 1. The van der Waals surface area contributed by atoms with E-state index in [1.807, 2.05) is 26.0 Å². The van der Waals surface area contributed by atoms with Crippen LogP contribution >= 0.6 is 0 Å². The minimum atomic E-state index is -3.80. The molecule has 0 atom stereocenters. The number of benzene rings is 1. The van der Waals surface area contributed by atoms with Gasteiger partial charge in [0.2, 0.25) is 10.0 Å². The minimum Gasteiger partial charge on any atom is -0.466 e. The number of nitrogens with zero attached hydrogens (tertiary/aromatic N) is 2. The number of nitrogens with two attached hydrogens (primary N) is 1. The summed E-state index contributed by atoms with van der Waals surface area (Å²) in [5.41, 5.74) is 1.02. The summed E-state index contributed by atoms with van der Waals surface area (Å²) in [7, 11) is -3.80. The lowest BCUT2D eigenvalue weighted by Crippen LogP contribution is -2.33. The molecule has 1 aliphatic heterocycles. The van der Waals surface area contributed by atoms with Gasteiger partial charge in [0.15, 0.2) is 5.72 Å². The minimum absolute atomic E-state index is 0.0122. The van der Waals surface area contributed by atoms with Crippen molar-refractivity contribution in [3.05, 3.63) is 53.9 Å². The predicted molar refractivity (Wildman–Crippen MR) is 82.4 cm³/mol. The van der Waals surface area contributed by atoms with Crippen LogP contribution in [-0.2, 0) is 10.0 Å². The van der Waals surface area contributed by atoms with Crippen LogP contribution in [-0.4, -0.2) is 24.8 Å². The standard InChI is InChI=1S/C15H15N3O3S/c1-15(2)18-14(12-5-3-4-8-17-12)11-9-10(22(16,19)20)6-7-13(11)21-15/h3-9H,1-2H3,(H2,16,19,20). The second-order valence-corrected chi connectivity index (χ2v) is 6.99. The Bertz CT molecular complexity index is 859. The molecule has 0 saturated carbocycles. The molecular weight excluding hydrogens is 302 g/mol. The molecule has 1 aliphatic rings. The van der Waals surface area contributed by atoms with E-state index in [2.05, 4.69) is 9.98 Å². The second-order valence-electron chi connectivity index (χ2n) is 5.43. The fraction of sp³-hybridized carbons (Fsp3) is 0.200. The van der Waals surface area contributed by atoms with Gasteiger partial charge < -0.3 is 4.74 Å². The lowest BCUT2D eigenvalue weighted by Gasteiger charge is -2.30. The zero-order valence-electron chi connectivity index (χ0n) is 12.1. The van der Waals surface area contributed by atoms with Crippen LogP contribution < -0.4 is 9.88 Å². The maximum Gasteiger partial charge on any atom is 0.238 e. The first kappa shape index (κ1) is 14.7. The van der Waals surface area contributed by atoms with Crippen LogP contribution in [0.1, 0.15) is 25.1 Å². The normalized spacial score (nSPS) is 16.4. The highest BCUT2D eigenvalue weighted by atomic mass is 32.2. The summed E-state index contributed by atoms with van der Waals surface area (Å²) in [4.78, 5) is 8.85. The van der Waals surface area contributed by atoms with E-state index < -0.39 is 15.7 Å². The Kier molecular flexibility index (Phi) is 3.26. The fourth-order valence-electron chi connectivity index (χ4n) is 2.28. The maximum absolute atomic E-state index is 11.6. The van der Waals surface area contributed by atoms with Crippen molar-refractivity contribution in [1.82, 2.24) is 4.98 Å². The van der Waals surface area contributed by atoms with Crippen LogP contribution in [0.4, 0.5) is 0 Å². The molecule has 2 aromatic rings. The van der Waals surface area contributed by atoms with Gasteiger partial charge in [-0.25, -0.2) is 18.5 Å². The fourth-order valence-corrected chi connectivity index (χ4v) is 2.82. The summed E-state index contributed by atoms with van der Waals surface area (Å²) < 4.78 is 28.9. The molecule has 2 N–H and O–H groups in total. The van der Waals surface area contributed by atoms with Crippen molar-refractivity contribution in [3.8, 4) is 5.75 Å². The van der Waals surface area contributed by atoms with Gasteiger partial charge in [0.25, 0.3) is 0 Å². The van der Waals surface area contributed by atoms with Gasteiger partial charge >= 0.3 is 0 Å². The van der Waals surface area contributed by atoms with Gasteiger partial charge in [-0.3, -0.25) is 4.98 Å². The Morgan fingerprint density at radius 3 is 2.59 bits per heavy atom. The number of fused-ring (bicyclic) bond motifs is 1. The van der Waals surface area contributed by atoms with Crippen molar-refractivity contribution in [2.24, 2.45) is 10.1 Å². The zero-order chi connectivity index (χ0) is 16.0. The number of pyridine rings is 1. The Morgan fingerprint density at radius 2 is 1.95 bits per heavy atom. The van der Waals surface area contributed by atoms with Crippen LogP contribution in [0.3, 0.4) is 0 Å². The van der Waals surface area contributed by atoms with Gasteiger partial charge in [-0.1, -0.05) is 6.07 Å². The largest absolute Gasteiger partial charge is 0.466 e. The second kappa shape index (κ2) is 4.89. The summed E-state index contributed by atoms with van der Waals surface area (Å²) in [5.74, 6) is 0.549. The molecule has 0 aliphatic carbocycles. The van der Waals surface area contributed by atoms with E-state index in [4.69, 9.17) is 9.88 Å². The van der Waals surface area contributed by atoms with Gasteiger partial charge in [-0.05, 0) is 44.2 Å². The monoisotopic (exact) mass is 317 g/mol. The molecule has 6 nitrogen and oxygen atoms in total. The molecule has 22 heavy (non-hydrogen) atoms. The highest BCUT2D eigenvalue weighted by molar-refractivity contribution is 7.89. The molecule has 0 bridgehead atoms. The molecule has 1 aromatic heterocycles. The maximum atomic E-state index is 11.6. The summed E-state index contributed by atoms with van der Waals surface area (Å²) >= 11 is 0. The number of hydrogen-bond donors (Lipinski definition) is 1. The molecule has 3 rings (SSSR count). The average molecular weight is 317 g/mol. The van der Waals surface area contributed by atoms with E-state index in [0.717, 1.165) is 0 Å². The molecule has 0 spiro atoms. The summed E-state index contributed by atoms with van der Waals surface area (Å²) in [6.07, 6.45) is 1.66. The number of ether oxygens (including phenoxy) is 1. The molecule has 1 aromatic carbocycles. The van der Waals surface area contributed by atoms with Crippen LogP contribution in [0, 0.1) is 0 Å². The van der Waals surface area contributed by atoms with E-state index in [-0.39, 0.29) is 4.90 Å². The van der Waals surface area contributed by atoms with Crippen LogP contribution in [0.2, 0.25) is 0 Å². The molecule has 0 amide bonds. The van der Waals surface area contributed by atoms with Crippen LogP contribution in [0.25, 0.3) is 0 Å². The first-order valence-corrected chi connectivity index (χ1v) is 8.18. The molecule has 0 saturated heterocycles. The Labute approximate surface area is 128 Å². The van der Waals surface area contributed by atoms with Crippen molar-refractivity contribution in [2.45, 2.75) is 24.5 Å². The Morgan fingerprint density at radius 1 is 1.18 bits per heavy atom. The Hall–Kier alpha value is -2.25. The van der Waals surface area contributed by atoms with Gasteiger partial charge in [-0.2, -0.15) is 0 Å². The molecule has 114 valence electrons. The van der Waals surface area contributed by atoms with E-state index in [0.29, 0.717) is 22.7 Å². The lowest BCUT2D eigenvalue weighted by molar-refractivity contribution is 0.115. The first-order chi connectivity index (χ1) is 10.3. The third-order valence-corrected chi connectivity index (χ3v) is 4.09. The predicted octanol–water partition coefficient (Wildman–Crippen LogP) is 1.69. The average Bonchev–Trinajstić information content (AvgIpc) is 2.45. The highest BCUT2D eigenvalue weighted by Crippen LogP contribution is 2.33. The third kappa shape index (κ3) is 2.72. The van der Waals surface area contributed by atoms with Crippen molar-refractivity contribution in [3.63, 3.8) is 0 Å². The van der Waals surface area contributed by atoms with Crippen molar-refractivity contribution in [2.75, 3.05) is 0 Å². The van der Waals surface area contributed by atoms with E-state index in [1.165, 1.54) is 12.1 Å². The quantitative estimate of drug-likeness (QED) is 0.912. The summed E-state index contributed by atoms with van der Waals surface area (Å²) in [5, 5.41) is 5.20. The SMILES string of the molecule is CC1(C)N=C(c2ccccn2)c2cc(S(N)(=O)=O)ccc2O1.